The highest BCUT2D eigenvalue weighted by atomic mass is 32.2. The zero-order valence-electron chi connectivity index (χ0n) is 15.4. The Kier molecular flexibility index (Phi) is 6.01. The predicted octanol–water partition coefficient (Wildman–Crippen LogP) is 3.73. The molecule has 0 amide bonds. The van der Waals surface area contributed by atoms with Crippen molar-refractivity contribution < 1.29 is 22.7 Å². The van der Waals surface area contributed by atoms with Crippen LogP contribution in [0, 0.1) is 0 Å². The number of hydrogen-bond acceptors (Lipinski definition) is 6. The second kappa shape index (κ2) is 8.45. The van der Waals surface area contributed by atoms with E-state index in [0.717, 1.165) is 4.88 Å². The molecule has 1 heterocycles. The van der Waals surface area contributed by atoms with Gasteiger partial charge >= 0.3 is 5.97 Å². The quantitative estimate of drug-likeness (QED) is 0.433. The van der Waals surface area contributed by atoms with Crippen molar-refractivity contribution in [2.24, 2.45) is 0 Å². The maximum atomic E-state index is 12.8. The van der Waals surface area contributed by atoms with Gasteiger partial charge in [-0.15, -0.1) is 11.3 Å². The fraction of sp³-hybridized carbons (Fsp3) is 0.150. The van der Waals surface area contributed by atoms with Crippen LogP contribution in [-0.4, -0.2) is 28.5 Å². The second-order valence-electron chi connectivity index (χ2n) is 5.87. The number of rotatable bonds is 7. The van der Waals surface area contributed by atoms with Crippen molar-refractivity contribution in [1.82, 2.24) is 0 Å². The van der Waals surface area contributed by atoms with Crippen molar-refractivity contribution >= 4 is 33.0 Å². The van der Waals surface area contributed by atoms with E-state index in [-0.39, 0.29) is 17.3 Å². The molecule has 3 aromatic rings. The zero-order valence-corrected chi connectivity index (χ0v) is 17.0. The molecule has 0 aliphatic heterocycles. The normalized spacial score (nSPS) is 11.1. The Morgan fingerprint density at radius 2 is 1.64 bits per heavy atom. The number of anilines is 1. The third kappa shape index (κ3) is 4.52. The summed E-state index contributed by atoms with van der Waals surface area (Å²) in [7, 11) is -0.728. The number of carbonyl (C=O) groups excluding carboxylic acids is 1. The first-order chi connectivity index (χ1) is 13.4. The van der Waals surface area contributed by atoms with E-state index in [0.29, 0.717) is 17.2 Å². The van der Waals surface area contributed by atoms with Gasteiger partial charge in [0, 0.05) is 11.9 Å². The lowest BCUT2D eigenvalue weighted by molar-refractivity contribution is -0.133. The average Bonchev–Trinajstić information content (AvgIpc) is 3.21. The van der Waals surface area contributed by atoms with Crippen LogP contribution in [0.25, 0.3) is 0 Å². The van der Waals surface area contributed by atoms with Crippen molar-refractivity contribution in [1.29, 1.82) is 0 Å². The molecule has 1 aromatic heterocycles. The largest absolute Gasteiger partial charge is 0.497 e. The first-order valence-electron chi connectivity index (χ1n) is 8.36. The summed E-state index contributed by atoms with van der Waals surface area (Å²) in [5, 5.41) is 1.90. The minimum atomic E-state index is -3.72. The van der Waals surface area contributed by atoms with Gasteiger partial charge in [0.05, 0.1) is 24.1 Å². The van der Waals surface area contributed by atoms with E-state index >= 15 is 0 Å². The molecular formula is C20H19NO5S2. The lowest BCUT2D eigenvalue weighted by Crippen LogP contribution is -2.26. The number of thiophene rings is 1. The van der Waals surface area contributed by atoms with Crippen LogP contribution in [0.4, 0.5) is 5.69 Å². The van der Waals surface area contributed by atoms with Gasteiger partial charge < -0.3 is 9.47 Å². The Morgan fingerprint density at radius 3 is 2.21 bits per heavy atom. The Hall–Kier alpha value is -2.84. The molecule has 6 nitrogen and oxygen atoms in total. The van der Waals surface area contributed by atoms with Crippen molar-refractivity contribution in [3.63, 3.8) is 0 Å². The molecule has 0 aliphatic rings. The summed E-state index contributed by atoms with van der Waals surface area (Å²) in [4.78, 5) is 13.0. The van der Waals surface area contributed by atoms with Gasteiger partial charge in [-0.3, -0.25) is 9.10 Å². The summed E-state index contributed by atoms with van der Waals surface area (Å²) in [5.41, 5.74) is 0.453. The van der Waals surface area contributed by atoms with Crippen molar-refractivity contribution in [2.75, 3.05) is 18.5 Å². The van der Waals surface area contributed by atoms with Crippen LogP contribution in [0.3, 0.4) is 0 Å². The summed E-state index contributed by atoms with van der Waals surface area (Å²) in [6.07, 6.45) is 0.200. The molecule has 3 rings (SSSR count). The van der Waals surface area contributed by atoms with Gasteiger partial charge in [-0.05, 0) is 60.0 Å². The molecule has 0 saturated carbocycles. The highest BCUT2D eigenvalue weighted by molar-refractivity contribution is 7.92. The summed E-state index contributed by atoms with van der Waals surface area (Å²) in [6, 6.07) is 16.2. The molecule has 0 radical (unpaired) electrons. The maximum absolute atomic E-state index is 12.8. The van der Waals surface area contributed by atoms with E-state index in [1.54, 1.807) is 36.4 Å². The number of ether oxygens (including phenoxy) is 2. The van der Waals surface area contributed by atoms with E-state index in [4.69, 9.17) is 9.47 Å². The average molecular weight is 418 g/mol. The summed E-state index contributed by atoms with van der Waals surface area (Å²) < 4.78 is 37.1. The number of hydrogen-bond donors (Lipinski definition) is 0. The number of esters is 1. The lowest BCUT2D eigenvalue weighted by Gasteiger charge is -2.20. The first-order valence-corrected chi connectivity index (χ1v) is 10.7. The first kappa shape index (κ1) is 19.9. The van der Waals surface area contributed by atoms with E-state index in [1.165, 1.54) is 41.9 Å². The minimum Gasteiger partial charge on any atom is -0.497 e. The molecule has 2 aromatic carbocycles. The fourth-order valence-corrected chi connectivity index (χ4v) is 4.38. The molecule has 0 spiro atoms. The van der Waals surface area contributed by atoms with Gasteiger partial charge in [-0.25, -0.2) is 8.42 Å². The molecule has 0 unspecified atom stereocenters. The monoisotopic (exact) mass is 417 g/mol. The van der Waals surface area contributed by atoms with Gasteiger partial charge in [-0.2, -0.15) is 0 Å². The smallest absolute Gasteiger partial charge is 0.316 e. The minimum absolute atomic E-state index is 0.155. The maximum Gasteiger partial charge on any atom is 0.316 e. The van der Waals surface area contributed by atoms with Gasteiger partial charge in [0.25, 0.3) is 10.0 Å². The van der Waals surface area contributed by atoms with E-state index in [1.807, 2.05) is 17.5 Å². The summed E-state index contributed by atoms with van der Waals surface area (Å²) >= 11 is 1.49. The van der Waals surface area contributed by atoms with Gasteiger partial charge in [-0.1, -0.05) is 6.07 Å². The molecular weight excluding hydrogens is 398 g/mol. The molecule has 0 saturated heterocycles. The van der Waals surface area contributed by atoms with Gasteiger partial charge in [0.15, 0.2) is 0 Å². The van der Waals surface area contributed by atoms with Crippen LogP contribution >= 0.6 is 11.3 Å². The van der Waals surface area contributed by atoms with E-state index < -0.39 is 10.0 Å². The van der Waals surface area contributed by atoms with Crippen LogP contribution in [0.1, 0.15) is 4.88 Å². The van der Waals surface area contributed by atoms with Crippen LogP contribution in [0.5, 0.6) is 11.5 Å². The Labute approximate surface area is 168 Å². The Bertz CT molecular complexity index is 1030. The zero-order chi connectivity index (χ0) is 20.1. The number of benzene rings is 2. The van der Waals surface area contributed by atoms with Crippen molar-refractivity contribution in [3.8, 4) is 11.5 Å². The fourth-order valence-electron chi connectivity index (χ4n) is 2.49. The molecule has 0 aliphatic carbocycles. The van der Waals surface area contributed by atoms with Crippen LogP contribution < -0.4 is 13.8 Å². The Balaban J connectivity index is 1.70. The number of sulfonamides is 1. The van der Waals surface area contributed by atoms with Gasteiger partial charge in [0.2, 0.25) is 0 Å². The second-order valence-corrected chi connectivity index (χ2v) is 8.87. The number of nitrogens with zero attached hydrogens (tertiary/aromatic N) is 1. The third-order valence-corrected chi connectivity index (χ3v) is 6.72. The summed E-state index contributed by atoms with van der Waals surface area (Å²) in [5.74, 6) is 0.574. The molecule has 8 heteroatoms. The standard InChI is InChI=1S/C20H19NO5S2/c1-21(28(23,24)19-11-9-16(25-2)10-12-19)15-5-7-17(8-6-15)26-20(22)14-18-4-3-13-27-18/h3-13H,14H2,1-2H3. The molecule has 28 heavy (non-hydrogen) atoms. The van der Waals surface area contributed by atoms with Crippen molar-refractivity contribution in [3.05, 3.63) is 70.9 Å². The van der Waals surface area contributed by atoms with Gasteiger partial charge in [0.1, 0.15) is 11.5 Å². The third-order valence-electron chi connectivity index (χ3n) is 4.05. The van der Waals surface area contributed by atoms with Crippen LogP contribution in [0.15, 0.2) is 70.9 Å². The van der Waals surface area contributed by atoms with E-state index in [9.17, 15) is 13.2 Å². The van der Waals surface area contributed by atoms with E-state index in [2.05, 4.69) is 0 Å². The molecule has 0 atom stereocenters. The topological polar surface area (TPSA) is 72.9 Å². The Morgan fingerprint density at radius 1 is 1.00 bits per heavy atom. The number of carbonyl (C=O) groups is 1. The molecule has 0 N–H and O–H groups in total. The summed E-state index contributed by atoms with van der Waals surface area (Å²) in [6.45, 7) is 0. The highest BCUT2D eigenvalue weighted by Gasteiger charge is 2.21. The number of methoxy groups -OCH3 is 1. The molecule has 146 valence electrons. The molecule has 0 fully saturated rings. The SMILES string of the molecule is COc1ccc(S(=O)(=O)N(C)c2ccc(OC(=O)Cc3cccs3)cc2)cc1. The van der Waals surface area contributed by atoms with Crippen LogP contribution in [-0.2, 0) is 21.2 Å². The molecule has 0 bridgehead atoms. The van der Waals surface area contributed by atoms with Crippen molar-refractivity contribution in [2.45, 2.75) is 11.3 Å². The highest BCUT2D eigenvalue weighted by Crippen LogP contribution is 2.25. The lowest BCUT2D eigenvalue weighted by atomic mass is 10.3. The van der Waals surface area contributed by atoms with Crippen LogP contribution in [0.2, 0.25) is 0 Å². The predicted molar refractivity (Wildman–Crippen MR) is 109 cm³/mol.